The molecule has 0 N–H and O–H groups in total. The summed E-state index contributed by atoms with van der Waals surface area (Å²) < 4.78 is 1.88. The number of carbonyl (C=O) groups is 1. The van der Waals surface area contributed by atoms with E-state index in [-0.39, 0.29) is 5.91 Å². The molecule has 0 radical (unpaired) electrons. The second-order valence-corrected chi connectivity index (χ2v) is 8.70. The molecular formula is C21H24N4OS. The van der Waals surface area contributed by atoms with E-state index in [0.29, 0.717) is 18.0 Å². The number of hydrogen-bond acceptors (Lipinski definition) is 4. The van der Waals surface area contributed by atoms with Crippen LogP contribution in [0.2, 0.25) is 0 Å². The lowest BCUT2D eigenvalue weighted by molar-refractivity contribution is 0.0656. The van der Waals surface area contributed by atoms with Gasteiger partial charge in [-0.15, -0.1) is 11.3 Å². The van der Waals surface area contributed by atoms with Gasteiger partial charge in [0, 0.05) is 18.6 Å². The Morgan fingerprint density at radius 3 is 2.81 bits per heavy atom. The van der Waals surface area contributed by atoms with E-state index in [1.165, 1.54) is 12.8 Å². The molecule has 0 unspecified atom stereocenters. The highest BCUT2D eigenvalue weighted by Gasteiger charge is 2.42. The zero-order valence-corrected chi connectivity index (χ0v) is 16.6. The molecule has 2 aliphatic rings. The number of carbonyl (C=O) groups excluding carboxylic acids is 1. The van der Waals surface area contributed by atoms with Crippen molar-refractivity contribution >= 4 is 28.3 Å². The van der Waals surface area contributed by atoms with Crippen LogP contribution in [0, 0.1) is 5.92 Å². The summed E-state index contributed by atoms with van der Waals surface area (Å²) in [6.45, 7) is 5.02. The van der Waals surface area contributed by atoms with Crippen LogP contribution >= 0.6 is 11.3 Å². The normalized spacial score (nSPS) is 18.0. The highest BCUT2D eigenvalue weighted by atomic mass is 32.1. The fourth-order valence-corrected chi connectivity index (χ4v) is 4.67. The van der Waals surface area contributed by atoms with Crippen molar-refractivity contribution in [3.05, 3.63) is 35.3 Å². The number of thiophene rings is 1. The van der Waals surface area contributed by atoms with Crippen molar-refractivity contribution in [3.63, 3.8) is 0 Å². The van der Waals surface area contributed by atoms with Crippen LogP contribution < -0.4 is 0 Å². The summed E-state index contributed by atoms with van der Waals surface area (Å²) in [5, 5.41) is 7.40. The maximum absolute atomic E-state index is 13.7. The van der Waals surface area contributed by atoms with Crippen LogP contribution in [0.1, 0.15) is 49.9 Å². The summed E-state index contributed by atoms with van der Waals surface area (Å²) in [6.07, 6.45) is 6.56. The third-order valence-electron chi connectivity index (χ3n) is 5.83. The first-order valence-electron chi connectivity index (χ1n) is 9.90. The first-order valence-corrected chi connectivity index (χ1v) is 10.8. The van der Waals surface area contributed by atoms with Gasteiger partial charge in [-0.25, -0.2) is 9.67 Å². The molecular weight excluding hydrogens is 356 g/mol. The van der Waals surface area contributed by atoms with E-state index < -0.39 is 0 Å². The molecule has 2 fully saturated rings. The van der Waals surface area contributed by atoms with Crippen LogP contribution in [0.5, 0.6) is 0 Å². The van der Waals surface area contributed by atoms with Gasteiger partial charge in [0.1, 0.15) is 0 Å². The Morgan fingerprint density at radius 2 is 2.19 bits per heavy atom. The number of pyridine rings is 1. The molecule has 0 aromatic carbocycles. The van der Waals surface area contributed by atoms with Crippen LogP contribution in [0.25, 0.3) is 21.6 Å². The molecule has 27 heavy (non-hydrogen) atoms. The highest BCUT2D eigenvalue weighted by Crippen LogP contribution is 2.41. The van der Waals surface area contributed by atoms with Gasteiger partial charge in [-0.2, -0.15) is 5.10 Å². The van der Waals surface area contributed by atoms with Gasteiger partial charge in [0.15, 0.2) is 5.65 Å². The van der Waals surface area contributed by atoms with E-state index in [1.807, 2.05) is 28.4 Å². The predicted molar refractivity (Wildman–Crippen MR) is 108 cm³/mol. The van der Waals surface area contributed by atoms with E-state index >= 15 is 0 Å². The predicted octanol–water partition coefficient (Wildman–Crippen LogP) is 4.58. The van der Waals surface area contributed by atoms with Gasteiger partial charge in [-0.1, -0.05) is 6.07 Å². The second-order valence-electron chi connectivity index (χ2n) is 7.75. The minimum absolute atomic E-state index is 0.151. The van der Waals surface area contributed by atoms with Crippen molar-refractivity contribution in [2.24, 2.45) is 5.92 Å². The van der Waals surface area contributed by atoms with Crippen LogP contribution in [-0.2, 0) is 6.54 Å². The highest BCUT2D eigenvalue weighted by molar-refractivity contribution is 7.13. The van der Waals surface area contributed by atoms with Crippen molar-refractivity contribution in [1.82, 2.24) is 19.7 Å². The Labute approximate surface area is 163 Å². The van der Waals surface area contributed by atoms with Crippen LogP contribution in [0.3, 0.4) is 0 Å². The standard InChI is InChI=1S/C21H24N4OS/c1-3-24-20-17(12-22-24)16(11-18(23-20)19-5-4-10-27-19)21(26)25(15-8-9-15)13(2)14-6-7-14/h4-5,10-15H,3,6-9H2,1-2H3/t13-/m0/s1. The maximum Gasteiger partial charge on any atom is 0.255 e. The van der Waals surface area contributed by atoms with Crippen molar-refractivity contribution in [3.8, 4) is 10.6 Å². The summed E-state index contributed by atoms with van der Waals surface area (Å²) in [4.78, 5) is 21.8. The maximum atomic E-state index is 13.7. The van der Waals surface area contributed by atoms with E-state index in [1.54, 1.807) is 11.3 Å². The average Bonchev–Trinajstić information content (AvgIpc) is 3.60. The number of aryl methyl sites for hydroxylation is 1. The van der Waals surface area contributed by atoms with Gasteiger partial charge in [0.05, 0.1) is 27.7 Å². The molecule has 2 aliphatic carbocycles. The van der Waals surface area contributed by atoms with Crippen molar-refractivity contribution in [1.29, 1.82) is 0 Å². The molecule has 1 atom stereocenters. The molecule has 1 amide bonds. The van der Waals surface area contributed by atoms with Crippen LogP contribution in [-0.4, -0.2) is 37.7 Å². The quantitative estimate of drug-likeness (QED) is 0.629. The fourth-order valence-electron chi connectivity index (χ4n) is 3.99. The Hall–Kier alpha value is -2.21. The summed E-state index contributed by atoms with van der Waals surface area (Å²) >= 11 is 1.65. The van der Waals surface area contributed by atoms with Crippen molar-refractivity contribution < 1.29 is 4.79 Å². The van der Waals surface area contributed by atoms with Crippen LogP contribution in [0.15, 0.2) is 29.8 Å². The zero-order chi connectivity index (χ0) is 18.5. The van der Waals surface area contributed by atoms with Gasteiger partial charge < -0.3 is 4.90 Å². The van der Waals surface area contributed by atoms with E-state index in [4.69, 9.17) is 4.98 Å². The Bertz CT molecular complexity index is 985. The minimum Gasteiger partial charge on any atom is -0.333 e. The van der Waals surface area contributed by atoms with E-state index in [0.717, 1.165) is 46.6 Å². The molecule has 3 aromatic heterocycles. The topological polar surface area (TPSA) is 51.0 Å². The van der Waals surface area contributed by atoms with Crippen molar-refractivity contribution in [2.45, 2.75) is 58.2 Å². The molecule has 0 saturated heterocycles. The average molecular weight is 381 g/mol. The molecule has 3 aromatic rings. The third kappa shape index (κ3) is 2.96. The molecule has 2 saturated carbocycles. The summed E-state index contributed by atoms with van der Waals surface area (Å²) in [5.41, 5.74) is 2.43. The first-order chi connectivity index (χ1) is 13.2. The largest absolute Gasteiger partial charge is 0.333 e. The fraction of sp³-hybridized carbons (Fsp3) is 0.476. The number of fused-ring (bicyclic) bond motifs is 1. The lowest BCUT2D eigenvalue weighted by Crippen LogP contribution is -2.41. The molecule has 0 aliphatic heterocycles. The minimum atomic E-state index is 0.151. The SMILES string of the molecule is CCn1ncc2c(C(=O)N(C3CC3)[C@@H](C)C3CC3)cc(-c3cccs3)nc21. The monoisotopic (exact) mass is 380 g/mol. The molecule has 6 heteroatoms. The van der Waals surface area contributed by atoms with Crippen molar-refractivity contribution in [2.75, 3.05) is 0 Å². The smallest absolute Gasteiger partial charge is 0.255 e. The zero-order valence-electron chi connectivity index (χ0n) is 15.8. The van der Waals surface area contributed by atoms with Gasteiger partial charge in [-0.3, -0.25) is 4.79 Å². The molecule has 5 nitrogen and oxygen atoms in total. The molecule has 5 rings (SSSR count). The van der Waals surface area contributed by atoms with Crippen LogP contribution in [0.4, 0.5) is 0 Å². The molecule has 0 bridgehead atoms. The second kappa shape index (κ2) is 6.44. The molecule has 0 spiro atoms. The summed E-state index contributed by atoms with van der Waals surface area (Å²) in [5.74, 6) is 0.819. The lowest BCUT2D eigenvalue weighted by atomic mass is 10.1. The number of hydrogen-bond donors (Lipinski definition) is 0. The third-order valence-corrected chi connectivity index (χ3v) is 6.72. The van der Waals surface area contributed by atoms with Gasteiger partial charge in [0.25, 0.3) is 5.91 Å². The van der Waals surface area contributed by atoms with E-state index in [2.05, 4.69) is 29.9 Å². The van der Waals surface area contributed by atoms with Gasteiger partial charge in [-0.05, 0) is 63.0 Å². The summed E-state index contributed by atoms with van der Waals surface area (Å²) in [6, 6.07) is 6.79. The first kappa shape index (κ1) is 16.9. The van der Waals surface area contributed by atoms with E-state index in [9.17, 15) is 4.79 Å². The molecule has 3 heterocycles. The number of nitrogens with zero attached hydrogens (tertiary/aromatic N) is 4. The number of aromatic nitrogens is 3. The summed E-state index contributed by atoms with van der Waals surface area (Å²) in [7, 11) is 0. The Kier molecular flexibility index (Phi) is 4.04. The molecule has 140 valence electrons. The lowest BCUT2D eigenvalue weighted by Gasteiger charge is -2.30. The Balaban J connectivity index is 1.64. The number of amides is 1. The van der Waals surface area contributed by atoms with Gasteiger partial charge >= 0.3 is 0 Å². The Morgan fingerprint density at radius 1 is 1.37 bits per heavy atom. The van der Waals surface area contributed by atoms with Gasteiger partial charge in [0.2, 0.25) is 0 Å². The number of rotatable bonds is 6.